The zero-order valence-electron chi connectivity index (χ0n) is 15.1. The lowest BCUT2D eigenvalue weighted by molar-refractivity contribution is -0.121. The highest BCUT2D eigenvalue weighted by molar-refractivity contribution is 7.92. The first-order valence-corrected chi connectivity index (χ1v) is 10.0. The molecule has 0 saturated carbocycles. The Morgan fingerprint density at radius 3 is 2.44 bits per heavy atom. The number of esters is 1. The number of ether oxygens (including phenoxy) is 1. The van der Waals surface area contributed by atoms with Gasteiger partial charge in [-0.15, -0.1) is 0 Å². The average Bonchev–Trinajstić information content (AvgIpc) is 2.52. The Balaban J connectivity index is 3.02. The van der Waals surface area contributed by atoms with Crippen molar-refractivity contribution in [2.24, 2.45) is 5.92 Å². The van der Waals surface area contributed by atoms with Gasteiger partial charge in [0.1, 0.15) is 0 Å². The molecule has 0 bridgehead atoms. The number of hydrogen-bond donors (Lipinski definition) is 1. The minimum absolute atomic E-state index is 0.00303. The van der Waals surface area contributed by atoms with Crippen LogP contribution >= 0.6 is 0 Å². The minimum Gasteiger partial charge on any atom is -0.462 e. The normalized spacial score (nSPS) is 11.2. The van der Waals surface area contributed by atoms with Crippen molar-refractivity contribution in [1.82, 2.24) is 5.32 Å². The van der Waals surface area contributed by atoms with E-state index < -0.39 is 16.0 Å². The monoisotopic (exact) mass is 370 g/mol. The Kier molecular flexibility index (Phi) is 7.89. The lowest BCUT2D eigenvalue weighted by Crippen LogP contribution is -2.36. The summed E-state index contributed by atoms with van der Waals surface area (Å²) in [7, 11) is -3.67. The summed E-state index contributed by atoms with van der Waals surface area (Å²) in [5.41, 5.74) is 0.359. The van der Waals surface area contributed by atoms with Crippen LogP contribution < -0.4 is 9.62 Å². The molecule has 0 heterocycles. The molecule has 140 valence electrons. The summed E-state index contributed by atoms with van der Waals surface area (Å²) in [5, 5.41) is 2.75. The molecule has 0 aromatic heterocycles. The molecule has 1 N–H and O–H groups in total. The molecule has 0 radical (unpaired) electrons. The Morgan fingerprint density at radius 2 is 1.88 bits per heavy atom. The van der Waals surface area contributed by atoms with Crippen LogP contribution in [0.5, 0.6) is 0 Å². The van der Waals surface area contributed by atoms with Crippen LogP contribution in [0.4, 0.5) is 5.69 Å². The molecule has 0 aliphatic rings. The number of carbonyl (C=O) groups excluding carboxylic acids is 2. The predicted octanol–water partition coefficient (Wildman–Crippen LogP) is 1.79. The van der Waals surface area contributed by atoms with Crippen LogP contribution in [0.15, 0.2) is 24.3 Å². The number of benzene rings is 1. The molecule has 0 fully saturated rings. The fraction of sp³-hybridized carbons (Fsp3) is 0.529. The molecule has 1 aromatic carbocycles. The van der Waals surface area contributed by atoms with Crippen molar-refractivity contribution in [1.29, 1.82) is 0 Å². The summed E-state index contributed by atoms with van der Waals surface area (Å²) < 4.78 is 30.4. The number of sulfonamides is 1. The Bertz CT molecular complexity index is 701. The van der Waals surface area contributed by atoms with Crippen molar-refractivity contribution < 1.29 is 22.7 Å². The van der Waals surface area contributed by atoms with Crippen molar-refractivity contribution in [3.05, 3.63) is 29.8 Å². The Labute approximate surface area is 149 Å². The SMILES string of the molecule is CCOC(=O)c1ccccc1N(CCC(=O)NCC(C)C)S(C)(=O)=O. The van der Waals surface area contributed by atoms with E-state index in [1.54, 1.807) is 19.1 Å². The third-order valence-electron chi connectivity index (χ3n) is 3.32. The highest BCUT2D eigenvalue weighted by atomic mass is 32.2. The van der Waals surface area contributed by atoms with Gasteiger partial charge in [0.05, 0.1) is 24.1 Å². The van der Waals surface area contributed by atoms with E-state index in [1.807, 2.05) is 13.8 Å². The molecule has 0 saturated heterocycles. The smallest absolute Gasteiger partial charge is 0.340 e. The van der Waals surface area contributed by atoms with E-state index in [1.165, 1.54) is 12.1 Å². The molecule has 0 spiro atoms. The van der Waals surface area contributed by atoms with Gasteiger partial charge in [-0.1, -0.05) is 26.0 Å². The number of amides is 1. The molecule has 7 nitrogen and oxygen atoms in total. The third-order valence-corrected chi connectivity index (χ3v) is 4.50. The lowest BCUT2D eigenvalue weighted by atomic mass is 10.1. The topological polar surface area (TPSA) is 92.8 Å². The van der Waals surface area contributed by atoms with Gasteiger partial charge >= 0.3 is 5.97 Å². The van der Waals surface area contributed by atoms with Crippen molar-refractivity contribution in [2.45, 2.75) is 27.2 Å². The highest BCUT2D eigenvalue weighted by Gasteiger charge is 2.24. The first-order chi connectivity index (χ1) is 11.7. The molecule has 1 rings (SSSR count). The maximum absolute atomic E-state index is 12.2. The molecule has 0 aliphatic carbocycles. The van der Waals surface area contributed by atoms with Crippen LogP contribution in [0.25, 0.3) is 0 Å². The molecule has 0 unspecified atom stereocenters. The summed E-state index contributed by atoms with van der Waals surface area (Å²) in [6, 6.07) is 6.30. The van der Waals surface area contributed by atoms with Crippen molar-refractivity contribution in [2.75, 3.05) is 30.3 Å². The summed E-state index contributed by atoms with van der Waals surface area (Å²) in [6.07, 6.45) is 1.04. The van der Waals surface area contributed by atoms with Crippen LogP contribution in [0.2, 0.25) is 0 Å². The van der Waals surface area contributed by atoms with Crippen molar-refractivity contribution in [3.8, 4) is 0 Å². The van der Waals surface area contributed by atoms with Crippen LogP contribution in [-0.2, 0) is 19.6 Å². The number of hydrogen-bond acceptors (Lipinski definition) is 5. The standard InChI is InChI=1S/C17H26N2O5S/c1-5-24-17(21)14-8-6-7-9-15(14)19(25(4,22)23)11-10-16(20)18-12-13(2)3/h6-9,13H,5,10-12H2,1-4H3,(H,18,20). The summed E-state index contributed by atoms with van der Waals surface area (Å²) >= 11 is 0. The Hall–Kier alpha value is -2.09. The largest absolute Gasteiger partial charge is 0.462 e. The molecule has 0 atom stereocenters. The Morgan fingerprint density at radius 1 is 1.24 bits per heavy atom. The van der Waals surface area contributed by atoms with E-state index in [0.29, 0.717) is 12.5 Å². The van der Waals surface area contributed by atoms with Crippen LogP contribution in [0.1, 0.15) is 37.6 Å². The van der Waals surface area contributed by atoms with E-state index in [4.69, 9.17) is 4.74 Å². The second kappa shape index (κ2) is 9.41. The summed E-state index contributed by atoms with van der Waals surface area (Å²) in [4.78, 5) is 24.0. The van der Waals surface area contributed by atoms with Gasteiger partial charge in [0, 0.05) is 19.5 Å². The van der Waals surface area contributed by atoms with Gasteiger partial charge in [-0.25, -0.2) is 13.2 Å². The summed E-state index contributed by atoms with van der Waals surface area (Å²) in [5.74, 6) is -0.536. The zero-order valence-corrected chi connectivity index (χ0v) is 15.9. The van der Waals surface area contributed by atoms with Gasteiger partial charge in [-0.2, -0.15) is 0 Å². The maximum Gasteiger partial charge on any atom is 0.340 e. The second-order valence-corrected chi connectivity index (χ2v) is 7.93. The number of anilines is 1. The molecule has 1 amide bonds. The van der Waals surface area contributed by atoms with Gasteiger partial charge < -0.3 is 10.1 Å². The fourth-order valence-corrected chi connectivity index (χ4v) is 3.09. The molecule has 1 aromatic rings. The quantitative estimate of drug-likeness (QED) is 0.669. The van der Waals surface area contributed by atoms with Crippen LogP contribution in [0.3, 0.4) is 0 Å². The molecule has 0 aliphatic heterocycles. The first-order valence-electron chi connectivity index (χ1n) is 8.17. The van der Waals surface area contributed by atoms with Crippen LogP contribution in [0, 0.1) is 5.92 Å². The number of nitrogens with zero attached hydrogens (tertiary/aromatic N) is 1. The number of nitrogens with one attached hydrogen (secondary N) is 1. The van der Waals surface area contributed by atoms with Gasteiger partial charge in [0.2, 0.25) is 15.9 Å². The first kappa shape index (κ1) is 21.0. The van der Waals surface area contributed by atoms with Crippen molar-refractivity contribution in [3.63, 3.8) is 0 Å². The second-order valence-electron chi connectivity index (χ2n) is 6.02. The fourth-order valence-electron chi connectivity index (χ4n) is 2.15. The van der Waals surface area contributed by atoms with Gasteiger partial charge in [-0.3, -0.25) is 9.10 Å². The van der Waals surface area contributed by atoms with Gasteiger partial charge in [0.15, 0.2) is 0 Å². The maximum atomic E-state index is 12.2. The van der Waals surface area contributed by atoms with Gasteiger partial charge in [0.25, 0.3) is 0 Å². The molecular formula is C17H26N2O5S. The molecule has 8 heteroatoms. The minimum atomic E-state index is -3.67. The van der Waals surface area contributed by atoms with E-state index in [-0.39, 0.29) is 36.7 Å². The molecular weight excluding hydrogens is 344 g/mol. The molecule has 25 heavy (non-hydrogen) atoms. The van der Waals surface area contributed by atoms with Gasteiger partial charge in [-0.05, 0) is 25.0 Å². The summed E-state index contributed by atoms with van der Waals surface area (Å²) in [6.45, 7) is 6.27. The van der Waals surface area contributed by atoms with Crippen LogP contribution in [-0.4, -0.2) is 46.2 Å². The number of rotatable bonds is 9. The highest BCUT2D eigenvalue weighted by Crippen LogP contribution is 2.24. The average molecular weight is 370 g/mol. The number of para-hydroxylation sites is 1. The third kappa shape index (κ3) is 6.74. The lowest BCUT2D eigenvalue weighted by Gasteiger charge is -2.24. The van der Waals surface area contributed by atoms with Crippen molar-refractivity contribution >= 4 is 27.6 Å². The van der Waals surface area contributed by atoms with E-state index >= 15 is 0 Å². The zero-order chi connectivity index (χ0) is 19.0. The predicted molar refractivity (Wildman–Crippen MR) is 97.1 cm³/mol. The van der Waals surface area contributed by atoms with E-state index in [0.717, 1.165) is 10.6 Å². The van der Waals surface area contributed by atoms with E-state index in [2.05, 4.69) is 5.32 Å². The van der Waals surface area contributed by atoms with E-state index in [9.17, 15) is 18.0 Å². The number of carbonyl (C=O) groups is 2.